The summed E-state index contributed by atoms with van der Waals surface area (Å²) in [4.78, 5) is 36.3. The predicted octanol–water partition coefficient (Wildman–Crippen LogP) is -7.24. The number of rotatable bonds is 8. The van der Waals surface area contributed by atoms with Gasteiger partial charge in [0, 0.05) is 13.0 Å². The van der Waals surface area contributed by atoms with Gasteiger partial charge in [-0.3, -0.25) is 19.2 Å². The topological polar surface area (TPSA) is 116 Å². The molecule has 0 aromatic heterocycles. The Kier molecular flexibility index (Phi) is 17.9. The second kappa shape index (κ2) is 13.8. The molecule has 0 rings (SSSR count). The quantitative estimate of drug-likeness (QED) is 0.230. The molecule has 0 spiro atoms. The average molecular weight is 282 g/mol. The van der Waals surface area contributed by atoms with Crippen LogP contribution < -0.4 is 64.4 Å². The van der Waals surface area contributed by atoms with Crippen molar-refractivity contribution in [2.45, 2.75) is 6.42 Å². The van der Waals surface area contributed by atoms with Crippen LogP contribution in [0.15, 0.2) is 0 Å². The van der Waals surface area contributed by atoms with E-state index < -0.39 is 24.4 Å². The van der Waals surface area contributed by atoms with E-state index in [1.165, 1.54) is 7.11 Å². The fourth-order valence-corrected chi connectivity index (χ4v) is 0.893. The van der Waals surface area contributed by atoms with Crippen molar-refractivity contribution in [1.82, 2.24) is 10.4 Å². The van der Waals surface area contributed by atoms with E-state index in [-0.39, 0.29) is 81.5 Å². The van der Waals surface area contributed by atoms with Crippen molar-refractivity contribution in [3.05, 3.63) is 0 Å². The summed E-state index contributed by atoms with van der Waals surface area (Å²) in [5.41, 5.74) is 0. The fourth-order valence-electron chi connectivity index (χ4n) is 0.893. The van der Waals surface area contributed by atoms with Crippen LogP contribution in [0.3, 0.4) is 0 Å². The van der Waals surface area contributed by atoms with Gasteiger partial charge in [0.2, 0.25) is 5.91 Å². The van der Waals surface area contributed by atoms with Crippen LogP contribution in [-0.4, -0.2) is 59.9 Å². The van der Waals surface area contributed by atoms with Gasteiger partial charge in [0.25, 0.3) is 0 Å². The van der Waals surface area contributed by atoms with Gasteiger partial charge in [0.05, 0.1) is 13.7 Å². The summed E-state index contributed by atoms with van der Waals surface area (Å²) in [6, 6.07) is 0. The molecular formula is C8H16N2Na2O6. The van der Waals surface area contributed by atoms with Crippen LogP contribution in [0, 0.1) is 0 Å². The molecule has 0 aromatic carbocycles. The molecule has 0 aliphatic heterocycles. The number of hydrogen-bond acceptors (Lipinski definition) is 5. The second-order valence-electron chi connectivity index (χ2n) is 2.83. The number of hydroxylamine groups is 2. The molecule has 96 valence electrons. The van der Waals surface area contributed by atoms with Crippen molar-refractivity contribution >= 4 is 17.8 Å². The minimum atomic E-state index is -1.19. The van der Waals surface area contributed by atoms with Crippen molar-refractivity contribution in [1.29, 1.82) is 0 Å². The third kappa shape index (κ3) is 12.8. The Hall–Kier alpha value is 0.330. The average Bonchev–Trinajstić information content (AvgIpc) is 2.20. The van der Waals surface area contributed by atoms with E-state index in [9.17, 15) is 14.4 Å². The molecule has 0 bridgehead atoms. The Morgan fingerprint density at radius 3 is 2.17 bits per heavy atom. The zero-order valence-corrected chi connectivity index (χ0v) is 14.8. The normalized spacial score (nSPS) is 8.72. The Morgan fingerprint density at radius 2 is 1.78 bits per heavy atom. The van der Waals surface area contributed by atoms with Gasteiger partial charge in [-0.1, -0.05) is 0 Å². The minimum Gasteiger partial charge on any atom is -1.00 e. The zero-order chi connectivity index (χ0) is 12.6. The summed E-state index contributed by atoms with van der Waals surface area (Å²) >= 11 is 0. The first kappa shape index (κ1) is 23.4. The van der Waals surface area contributed by atoms with Crippen molar-refractivity contribution in [3.8, 4) is 0 Å². The Labute approximate surface area is 152 Å². The van der Waals surface area contributed by atoms with Crippen LogP contribution in [0.1, 0.15) is 9.27 Å². The maximum atomic E-state index is 11.3. The van der Waals surface area contributed by atoms with E-state index in [0.717, 1.165) is 0 Å². The molecule has 1 amide bonds. The summed E-state index contributed by atoms with van der Waals surface area (Å²) in [6.45, 7) is -0.655. The standard InChI is InChI=1S/C8H14N2O6.2Na.2H/c1-16-10(5-8(14)15)6(11)2-3-9-4-7(12)13;;;;/h9H,2-5H2,1H3,(H,12,13)(H,14,15);;;;/q;2*+1;2*-1. The number of carbonyl (C=O) groups is 3. The van der Waals surface area contributed by atoms with Gasteiger partial charge in [-0.05, 0) is 0 Å². The number of hydrogen-bond donors (Lipinski definition) is 3. The number of nitrogens with zero attached hydrogens (tertiary/aromatic N) is 1. The summed E-state index contributed by atoms with van der Waals surface area (Å²) in [5.74, 6) is -2.74. The first-order valence-corrected chi connectivity index (χ1v) is 4.46. The van der Waals surface area contributed by atoms with Gasteiger partial charge in [-0.25, -0.2) is 5.06 Å². The molecule has 0 radical (unpaired) electrons. The summed E-state index contributed by atoms with van der Waals surface area (Å²) in [5, 5.41) is 19.9. The predicted molar refractivity (Wildman–Crippen MR) is 53.7 cm³/mol. The van der Waals surface area contributed by atoms with Gasteiger partial charge >= 0.3 is 71.1 Å². The van der Waals surface area contributed by atoms with Gasteiger partial charge < -0.3 is 18.4 Å². The van der Waals surface area contributed by atoms with Crippen molar-refractivity contribution in [3.63, 3.8) is 0 Å². The van der Waals surface area contributed by atoms with E-state index >= 15 is 0 Å². The molecule has 0 saturated heterocycles. The second-order valence-corrected chi connectivity index (χ2v) is 2.83. The molecule has 0 fully saturated rings. The monoisotopic (exact) mass is 282 g/mol. The molecule has 0 saturated carbocycles. The summed E-state index contributed by atoms with van der Waals surface area (Å²) in [7, 11) is 1.19. The van der Waals surface area contributed by atoms with E-state index in [1.807, 2.05) is 0 Å². The minimum absolute atomic E-state index is 0. The Morgan fingerprint density at radius 1 is 1.22 bits per heavy atom. The molecule has 18 heavy (non-hydrogen) atoms. The molecule has 0 aliphatic rings. The molecule has 0 aromatic rings. The Balaban J connectivity index is -0.000000187. The number of aliphatic carboxylic acids is 2. The fraction of sp³-hybridized carbons (Fsp3) is 0.625. The van der Waals surface area contributed by atoms with E-state index in [4.69, 9.17) is 10.2 Å². The van der Waals surface area contributed by atoms with E-state index in [0.29, 0.717) is 5.06 Å². The zero-order valence-electron chi connectivity index (χ0n) is 12.8. The van der Waals surface area contributed by atoms with Gasteiger partial charge in [0.15, 0.2) is 0 Å². The SMILES string of the molecule is CON(CC(=O)O)C(=O)CCNCC(=O)O.[H-].[H-].[Na+].[Na+]. The van der Waals surface area contributed by atoms with Crippen LogP contribution in [0.25, 0.3) is 0 Å². The number of amides is 1. The summed E-state index contributed by atoms with van der Waals surface area (Å²) in [6.07, 6.45) is -0.0333. The van der Waals surface area contributed by atoms with Crippen LogP contribution in [0.5, 0.6) is 0 Å². The molecule has 0 unspecified atom stereocenters. The van der Waals surface area contributed by atoms with Crippen molar-refractivity contribution < 1.29 is 91.4 Å². The smallest absolute Gasteiger partial charge is 1.00 e. The van der Waals surface area contributed by atoms with E-state index in [1.54, 1.807) is 0 Å². The molecule has 0 heterocycles. The molecule has 8 nitrogen and oxygen atoms in total. The number of nitrogens with one attached hydrogen (secondary N) is 1. The van der Waals surface area contributed by atoms with Gasteiger partial charge in [-0.2, -0.15) is 0 Å². The first-order chi connectivity index (χ1) is 7.47. The third-order valence-corrected chi connectivity index (χ3v) is 1.57. The largest absolute Gasteiger partial charge is 1.00 e. The van der Waals surface area contributed by atoms with Crippen molar-refractivity contribution in [2.24, 2.45) is 0 Å². The first-order valence-electron chi connectivity index (χ1n) is 4.46. The molecular weight excluding hydrogens is 266 g/mol. The number of carboxylic acid groups (broad SMARTS) is 2. The van der Waals surface area contributed by atoms with Gasteiger partial charge in [0.1, 0.15) is 6.54 Å². The van der Waals surface area contributed by atoms with Gasteiger partial charge in [-0.15, -0.1) is 0 Å². The molecule has 0 aliphatic carbocycles. The number of carbonyl (C=O) groups excluding carboxylic acids is 1. The third-order valence-electron chi connectivity index (χ3n) is 1.57. The van der Waals surface area contributed by atoms with Crippen molar-refractivity contribution in [2.75, 3.05) is 26.7 Å². The maximum Gasteiger partial charge on any atom is 1.00 e. The molecule has 10 heteroatoms. The van der Waals surface area contributed by atoms with Crippen LogP contribution in [0.2, 0.25) is 0 Å². The van der Waals surface area contributed by atoms with Crippen LogP contribution in [0.4, 0.5) is 0 Å². The molecule has 3 N–H and O–H groups in total. The Bertz CT molecular complexity index is 286. The van der Waals surface area contributed by atoms with Crippen LogP contribution in [-0.2, 0) is 19.2 Å². The van der Waals surface area contributed by atoms with E-state index in [2.05, 4.69) is 10.2 Å². The van der Waals surface area contributed by atoms with Crippen LogP contribution >= 0.6 is 0 Å². The maximum absolute atomic E-state index is 11.3. The number of carboxylic acids is 2. The summed E-state index contributed by atoms with van der Waals surface area (Å²) < 4.78 is 0. The molecule has 0 atom stereocenters.